The maximum Gasteiger partial charge on any atom is 0.289 e. The number of aromatic nitrogens is 1. The first-order valence-corrected chi connectivity index (χ1v) is 5.59. The van der Waals surface area contributed by atoms with E-state index in [1.807, 2.05) is 0 Å². The van der Waals surface area contributed by atoms with Crippen LogP contribution < -0.4 is 5.32 Å². The number of carbonyl (C=O) groups is 1. The van der Waals surface area contributed by atoms with Crippen molar-refractivity contribution in [3.8, 4) is 0 Å². The van der Waals surface area contributed by atoms with Gasteiger partial charge in [-0.05, 0) is 6.92 Å². The second-order valence-electron chi connectivity index (χ2n) is 4.29. The van der Waals surface area contributed by atoms with Crippen LogP contribution in [0.4, 0.5) is 0 Å². The number of amides is 1. The second-order valence-corrected chi connectivity index (χ2v) is 4.29. The Morgan fingerprint density at radius 3 is 2.88 bits per heavy atom. The topological polar surface area (TPSA) is 84.6 Å². The van der Waals surface area contributed by atoms with Crippen LogP contribution in [0.2, 0.25) is 0 Å². The number of aliphatic hydroxyl groups is 1. The fourth-order valence-corrected chi connectivity index (χ4v) is 1.77. The van der Waals surface area contributed by atoms with E-state index in [-0.39, 0.29) is 18.2 Å². The molecule has 0 radical (unpaired) electrons. The molecular weight excluding hydrogens is 224 g/mol. The van der Waals surface area contributed by atoms with Crippen molar-refractivity contribution in [1.29, 1.82) is 0 Å². The van der Waals surface area contributed by atoms with Crippen LogP contribution in [0.5, 0.6) is 0 Å². The maximum absolute atomic E-state index is 11.7. The average molecular weight is 240 g/mol. The molecule has 6 heteroatoms. The molecule has 1 aliphatic heterocycles. The van der Waals surface area contributed by atoms with Crippen molar-refractivity contribution < 1.29 is 19.1 Å². The number of ether oxygens (including phenoxy) is 1. The Morgan fingerprint density at radius 1 is 1.59 bits per heavy atom. The van der Waals surface area contributed by atoms with Crippen LogP contribution in [0.3, 0.4) is 0 Å². The highest BCUT2D eigenvalue weighted by atomic mass is 16.5. The number of hydrogen-bond acceptors (Lipinski definition) is 5. The largest absolute Gasteiger partial charge is 0.438 e. The van der Waals surface area contributed by atoms with Crippen molar-refractivity contribution in [2.45, 2.75) is 25.4 Å². The summed E-state index contributed by atoms with van der Waals surface area (Å²) in [6, 6.07) is 0. The SMILES string of the molecule is Cc1ncoc1C(=O)NCC1(O)CCOCC1. The van der Waals surface area contributed by atoms with Gasteiger partial charge >= 0.3 is 0 Å². The minimum Gasteiger partial charge on any atom is -0.438 e. The van der Waals surface area contributed by atoms with Crippen molar-refractivity contribution in [3.63, 3.8) is 0 Å². The Balaban J connectivity index is 1.90. The molecule has 2 rings (SSSR count). The zero-order valence-corrected chi connectivity index (χ0v) is 9.73. The summed E-state index contributed by atoms with van der Waals surface area (Å²) in [5.74, 6) is -0.152. The third-order valence-electron chi connectivity index (χ3n) is 2.95. The highest BCUT2D eigenvalue weighted by Crippen LogP contribution is 2.19. The van der Waals surface area contributed by atoms with Gasteiger partial charge in [-0.3, -0.25) is 4.79 Å². The molecule has 6 nitrogen and oxygen atoms in total. The molecule has 17 heavy (non-hydrogen) atoms. The van der Waals surface area contributed by atoms with Crippen LogP contribution >= 0.6 is 0 Å². The number of hydrogen-bond donors (Lipinski definition) is 2. The third-order valence-corrected chi connectivity index (χ3v) is 2.95. The predicted molar refractivity (Wildman–Crippen MR) is 58.6 cm³/mol. The van der Waals surface area contributed by atoms with Gasteiger partial charge in [0, 0.05) is 32.6 Å². The van der Waals surface area contributed by atoms with E-state index in [0.29, 0.717) is 31.7 Å². The lowest BCUT2D eigenvalue weighted by Gasteiger charge is -2.31. The van der Waals surface area contributed by atoms with Crippen LogP contribution in [0, 0.1) is 6.92 Å². The zero-order valence-electron chi connectivity index (χ0n) is 9.73. The average Bonchev–Trinajstić information content (AvgIpc) is 2.74. The number of oxazole rings is 1. The van der Waals surface area contributed by atoms with Gasteiger partial charge in [0.2, 0.25) is 5.76 Å². The molecule has 1 aromatic heterocycles. The molecule has 2 heterocycles. The van der Waals surface area contributed by atoms with E-state index < -0.39 is 5.60 Å². The molecule has 1 aromatic rings. The Morgan fingerprint density at radius 2 is 2.29 bits per heavy atom. The molecule has 1 saturated heterocycles. The Bertz CT molecular complexity index is 396. The van der Waals surface area contributed by atoms with Crippen molar-refractivity contribution in [1.82, 2.24) is 10.3 Å². The normalized spacial score (nSPS) is 18.9. The first-order valence-electron chi connectivity index (χ1n) is 5.59. The molecule has 0 bridgehead atoms. The fraction of sp³-hybridized carbons (Fsp3) is 0.636. The lowest BCUT2D eigenvalue weighted by molar-refractivity contribution is -0.0605. The highest BCUT2D eigenvalue weighted by Gasteiger charge is 2.30. The van der Waals surface area contributed by atoms with Crippen LogP contribution in [-0.4, -0.2) is 41.4 Å². The second kappa shape index (κ2) is 4.85. The van der Waals surface area contributed by atoms with Crippen molar-refractivity contribution >= 4 is 5.91 Å². The zero-order chi connectivity index (χ0) is 12.3. The van der Waals surface area contributed by atoms with Crippen LogP contribution in [0.1, 0.15) is 29.1 Å². The quantitative estimate of drug-likeness (QED) is 0.791. The molecule has 94 valence electrons. The Labute approximate surface area is 99.0 Å². The lowest BCUT2D eigenvalue weighted by Crippen LogP contribution is -2.46. The summed E-state index contributed by atoms with van der Waals surface area (Å²) in [5.41, 5.74) is -0.330. The Hall–Kier alpha value is -1.40. The standard InChI is InChI=1S/C11H16N2O4/c1-8-9(17-7-13-8)10(14)12-6-11(15)2-4-16-5-3-11/h7,15H,2-6H2,1H3,(H,12,14). The molecule has 0 saturated carbocycles. The smallest absolute Gasteiger partial charge is 0.289 e. The van der Waals surface area contributed by atoms with Gasteiger partial charge in [0.05, 0.1) is 11.3 Å². The molecule has 0 aliphatic carbocycles. The highest BCUT2D eigenvalue weighted by molar-refractivity contribution is 5.92. The van der Waals surface area contributed by atoms with E-state index in [9.17, 15) is 9.90 Å². The van der Waals surface area contributed by atoms with E-state index >= 15 is 0 Å². The first-order chi connectivity index (χ1) is 8.11. The Kier molecular flexibility index (Phi) is 3.44. The van der Waals surface area contributed by atoms with Gasteiger partial charge in [0.15, 0.2) is 6.39 Å². The van der Waals surface area contributed by atoms with E-state index in [1.165, 1.54) is 6.39 Å². The summed E-state index contributed by atoms with van der Waals surface area (Å²) < 4.78 is 10.1. The monoisotopic (exact) mass is 240 g/mol. The number of carbonyl (C=O) groups excluding carboxylic acids is 1. The summed E-state index contributed by atoms with van der Waals surface area (Å²) in [4.78, 5) is 15.6. The van der Waals surface area contributed by atoms with E-state index in [2.05, 4.69) is 10.3 Å². The number of rotatable bonds is 3. The number of nitrogens with one attached hydrogen (secondary N) is 1. The van der Waals surface area contributed by atoms with Crippen LogP contribution in [0.15, 0.2) is 10.8 Å². The predicted octanol–water partition coefficient (Wildman–Crippen LogP) is 0.254. The van der Waals surface area contributed by atoms with Crippen molar-refractivity contribution in [3.05, 3.63) is 17.8 Å². The molecular formula is C11H16N2O4. The maximum atomic E-state index is 11.7. The summed E-state index contributed by atoms with van der Waals surface area (Å²) in [5, 5.41) is 12.8. The van der Waals surface area contributed by atoms with Crippen molar-refractivity contribution in [2.24, 2.45) is 0 Å². The third kappa shape index (κ3) is 2.83. The molecule has 1 fully saturated rings. The van der Waals surface area contributed by atoms with Gasteiger partial charge in [-0.25, -0.2) is 4.98 Å². The van der Waals surface area contributed by atoms with Gasteiger partial charge < -0.3 is 19.6 Å². The summed E-state index contributed by atoms with van der Waals surface area (Å²) in [6.07, 6.45) is 2.29. The van der Waals surface area contributed by atoms with Crippen molar-refractivity contribution in [2.75, 3.05) is 19.8 Å². The van der Waals surface area contributed by atoms with E-state index in [4.69, 9.17) is 9.15 Å². The fourth-order valence-electron chi connectivity index (χ4n) is 1.77. The molecule has 0 unspecified atom stereocenters. The van der Waals surface area contributed by atoms with E-state index in [1.54, 1.807) is 6.92 Å². The van der Waals surface area contributed by atoms with Gasteiger partial charge in [-0.2, -0.15) is 0 Å². The van der Waals surface area contributed by atoms with Crippen LogP contribution in [-0.2, 0) is 4.74 Å². The van der Waals surface area contributed by atoms with Gasteiger partial charge in [-0.15, -0.1) is 0 Å². The molecule has 0 aromatic carbocycles. The number of nitrogens with zero attached hydrogens (tertiary/aromatic N) is 1. The van der Waals surface area contributed by atoms with Crippen LogP contribution in [0.25, 0.3) is 0 Å². The minimum absolute atomic E-state index is 0.195. The minimum atomic E-state index is -0.873. The molecule has 0 atom stereocenters. The van der Waals surface area contributed by atoms with E-state index in [0.717, 1.165) is 0 Å². The van der Waals surface area contributed by atoms with Gasteiger partial charge in [0.1, 0.15) is 0 Å². The van der Waals surface area contributed by atoms with Gasteiger partial charge in [-0.1, -0.05) is 0 Å². The first kappa shape index (κ1) is 12.1. The molecule has 2 N–H and O–H groups in total. The summed E-state index contributed by atoms with van der Waals surface area (Å²) >= 11 is 0. The molecule has 1 amide bonds. The molecule has 0 spiro atoms. The lowest BCUT2D eigenvalue weighted by atomic mass is 9.94. The molecule has 1 aliphatic rings. The summed E-state index contributed by atoms with van der Waals surface area (Å²) in [7, 11) is 0. The number of aryl methyl sites for hydroxylation is 1. The summed E-state index contributed by atoms with van der Waals surface area (Å²) in [6.45, 7) is 2.94. The van der Waals surface area contributed by atoms with Gasteiger partial charge in [0.25, 0.3) is 5.91 Å².